The first-order chi connectivity index (χ1) is 6.81. The van der Waals surface area contributed by atoms with Gasteiger partial charge in [0.25, 0.3) is 0 Å². The van der Waals surface area contributed by atoms with Crippen molar-refractivity contribution in [2.45, 2.75) is 45.4 Å². The van der Waals surface area contributed by atoms with Gasteiger partial charge in [-0.3, -0.25) is 0 Å². The van der Waals surface area contributed by atoms with Crippen LogP contribution in [0.5, 0.6) is 0 Å². The van der Waals surface area contributed by atoms with Gasteiger partial charge in [0.15, 0.2) is 0 Å². The molecule has 14 heavy (non-hydrogen) atoms. The minimum atomic E-state index is -0.353. The Labute approximate surface area is 91.3 Å². The van der Waals surface area contributed by atoms with Crippen molar-refractivity contribution in [3.05, 3.63) is 11.6 Å². The highest BCUT2D eigenvalue weighted by Gasteiger charge is 1.95. The second kappa shape index (κ2) is 10.6. The summed E-state index contributed by atoms with van der Waals surface area (Å²) in [6.07, 6.45) is 8.38. The van der Waals surface area contributed by atoms with Crippen molar-refractivity contribution in [2.75, 3.05) is 6.61 Å². The molecule has 0 saturated heterocycles. The average molecular weight is 219 g/mol. The van der Waals surface area contributed by atoms with Gasteiger partial charge in [-0.15, -0.1) is 0 Å². The van der Waals surface area contributed by atoms with Crippen LogP contribution in [0.4, 0.5) is 0 Å². The van der Waals surface area contributed by atoms with E-state index in [4.69, 9.17) is 16.3 Å². The van der Waals surface area contributed by atoms with E-state index in [1.54, 1.807) is 0 Å². The monoisotopic (exact) mass is 218 g/mol. The van der Waals surface area contributed by atoms with Crippen LogP contribution < -0.4 is 0 Å². The summed E-state index contributed by atoms with van der Waals surface area (Å²) in [6.45, 7) is 2.70. The molecular weight excluding hydrogens is 200 g/mol. The van der Waals surface area contributed by atoms with E-state index in [2.05, 4.69) is 6.92 Å². The van der Waals surface area contributed by atoms with Crippen LogP contribution in [-0.4, -0.2) is 12.6 Å². The highest BCUT2D eigenvalue weighted by Crippen LogP contribution is 2.04. The van der Waals surface area contributed by atoms with E-state index in [0.717, 1.165) is 12.8 Å². The number of carbonyl (C=O) groups excluding carboxylic acids is 1. The summed E-state index contributed by atoms with van der Waals surface area (Å²) in [5, 5.41) is 0. The highest BCUT2D eigenvalue weighted by molar-refractivity contribution is 6.26. The zero-order valence-electron chi connectivity index (χ0n) is 8.80. The summed E-state index contributed by atoms with van der Waals surface area (Å²) in [5.41, 5.74) is 1.17. The Kier molecular flexibility index (Phi) is 10.2. The smallest absolute Gasteiger partial charge is 0.331 e. The average Bonchev–Trinajstić information content (AvgIpc) is 2.17. The first kappa shape index (κ1) is 13.5. The van der Waals surface area contributed by atoms with Gasteiger partial charge in [0.05, 0.1) is 6.61 Å². The molecule has 82 valence electrons. The van der Waals surface area contributed by atoms with Gasteiger partial charge in [0, 0.05) is 11.6 Å². The Morgan fingerprint density at radius 2 is 1.86 bits per heavy atom. The third kappa shape index (κ3) is 9.59. The number of unbranched alkanes of at least 4 members (excludes halogenated alkanes) is 5. The van der Waals surface area contributed by atoms with E-state index >= 15 is 0 Å². The number of ether oxygens (including phenoxy) is 1. The van der Waals surface area contributed by atoms with Crippen LogP contribution in [0.2, 0.25) is 0 Å². The van der Waals surface area contributed by atoms with E-state index in [-0.39, 0.29) is 5.97 Å². The van der Waals surface area contributed by atoms with E-state index in [0.29, 0.717) is 6.61 Å². The van der Waals surface area contributed by atoms with Gasteiger partial charge < -0.3 is 4.74 Å². The second-order valence-electron chi connectivity index (χ2n) is 3.23. The molecule has 0 N–H and O–H groups in total. The maximum atomic E-state index is 10.8. The topological polar surface area (TPSA) is 26.3 Å². The van der Waals surface area contributed by atoms with Gasteiger partial charge >= 0.3 is 5.97 Å². The standard InChI is InChI=1S/C11H19ClO2/c1-2-3-4-5-6-7-10-14-11(13)8-9-12/h8-9H,2-7,10H2,1H3/b9-8+. The molecule has 0 aliphatic rings. The van der Waals surface area contributed by atoms with Crippen LogP contribution in [0.1, 0.15) is 45.4 Å². The molecule has 2 nitrogen and oxygen atoms in total. The minimum absolute atomic E-state index is 0.353. The molecule has 0 aliphatic heterocycles. The Bertz CT molecular complexity index is 167. The molecule has 0 aliphatic carbocycles. The molecule has 3 heteroatoms. The van der Waals surface area contributed by atoms with Crippen molar-refractivity contribution >= 4 is 17.6 Å². The Hall–Kier alpha value is -0.500. The Balaban J connectivity index is 3.09. The lowest BCUT2D eigenvalue weighted by atomic mass is 10.1. The third-order valence-electron chi connectivity index (χ3n) is 1.94. The molecular formula is C11H19ClO2. The fraction of sp³-hybridized carbons (Fsp3) is 0.727. The molecule has 0 bridgehead atoms. The first-order valence-electron chi connectivity index (χ1n) is 5.24. The summed E-state index contributed by atoms with van der Waals surface area (Å²) in [6, 6.07) is 0. The second-order valence-corrected chi connectivity index (χ2v) is 3.48. The van der Waals surface area contributed by atoms with Crippen LogP contribution >= 0.6 is 11.6 Å². The van der Waals surface area contributed by atoms with Crippen LogP contribution in [-0.2, 0) is 9.53 Å². The maximum absolute atomic E-state index is 10.8. The number of hydrogen-bond donors (Lipinski definition) is 0. The van der Waals surface area contributed by atoms with Crippen molar-refractivity contribution < 1.29 is 9.53 Å². The lowest BCUT2D eigenvalue weighted by Gasteiger charge is -2.01. The molecule has 0 rings (SSSR count). The lowest BCUT2D eigenvalue weighted by molar-refractivity contribution is -0.137. The van der Waals surface area contributed by atoms with Gasteiger partial charge in [0.2, 0.25) is 0 Å². The Morgan fingerprint density at radius 1 is 1.21 bits per heavy atom. The zero-order valence-corrected chi connectivity index (χ0v) is 9.55. The van der Waals surface area contributed by atoms with Crippen molar-refractivity contribution in [3.8, 4) is 0 Å². The van der Waals surface area contributed by atoms with Crippen molar-refractivity contribution in [1.29, 1.82) is 0 Å². The first-order valence-corrected chi connectivity index (χ1v) is 5.68. The molecule has 0 atom stereocenters. The highest BCUT2D eigenvalue weighted by atomic mass is 35.5. The maximum Gasteiger partial charge on any atom is 0.331 e. The third-order valence-corrected chi connectivity index (χ3v) is 2.07. The Morgan fingerprint density at radius 3 is 2.50 bits per heavy atom. The predicted molar refractivity (Wildman–Crippen MR) is 59.3 cm³/mol. The summed E-state index contributed by atoms with van der Waals surface area (Å²) in [7, 11) is 0. The quantitative estimate of drug-likeness (QED) is 0.353. The number of halogens is 1. The number of rotatable bonds is 8. The summed E-state index contributed by atoms with van der Waals surface area (Å²) in [5.74, 6) is -0.353. The van der Waals surface area contributed by atoms with Crippen molar-refractivity contribution in [2.24, 2.45) is 0 Å². The van der Waals surface area contributed by atoms with Crippen molar-refractivity contribution in [1.82, 2.24) is 0 Å². The molecule has 0 aromatic heterocycles. The molecule has 0 saturated carbocycles. The van der Waals surface area contributed by atoms with E-state index in [1.807, 2.05) is 0 Å². The largest absolute Gasteiger partial charge is 0.463 e. The molecule has 0 fully saturated rings. The fourth-order valence-electron chi connectivity index (χ4n) is 1.15. The van der Waals surface area contributed by atoms with E-state index in [9.17, 15) is 4.79 Å². The summed E-state index contributed by atoms with van der Waals surface area (Å²) >= 11 is 5.21. The SMILES string of the molecule is CCCCCCCCOC(=O)/C=C/Cl. The van der Waals surface area contributed by atoms with Gasteiger partial charge in [-0.1, -0.05) is 50.6 Å². The van der Waals surface area contributed by atoms with Gasteiger partial charge in [-0.2, -0.15) is 0 Å². The number of esters is 1. The van der Waals surface area contributed by atoms with Crippen LogP contribution in [0.15, 0.2) is 11.6 Å². The van der Waals surface area contributed by atoms with Gasteiger partial charge in [-0.05, 0) is 6.42 Å². The van der Waals surface area contributed by atoms with Gasteiger partial charge in [0.1, 0.15) is 0 Å². The number of hydrogen-bond acceptors (Lipinski definition) is 2. The summed E-state index contributed by atoms with van der Waals surface area (Å²) < 4.78 is 4.88. The zero-order chi connectivity index (χ0) is 10.6. The minimum Gasteiger partial charge on any atom is -0.463 e. The lowest BCUT2D eigenvalue weighted by Crippen LogP contribution is -2.01. The number of carbonyl (C=O) groups is 1. The molecule has 0 radical (unpaired) electrons. The van der Waals surface area contributed by atoms with E-state index < -0.39 is 0 Å². The van der Waals surface area contributed by atoms with Crippen molar-refractivity contribution in [3.63, 3.8) is 0 Å². The molecule has 0 aromatic carbocycles. The molecule has 0 amide bonds. The molecule has 0 heterocycles. The van der Waals surface area contributed by atoms with Gasteiger partial charge in [-0.25, -0.2) is 4.79 Å². The molecule has 0 spiro atoms. The molecule has 0 unspecified atom stereocenters. The molecule has 0 aromatic rings. The van der Waals surface area contributed by atoms with Crippen LogP contribution in [0.3, 0.4) is 0 Å². The van der Waals surface area contributed by atoms with Crippen LogP contribution in [0, 0.1) is 0 Å². The van der Waals surface area contributed by atoms with Crippen LogP contribution in [0.25, 0.3) is 0 Å². The summed E-state index contributed by atoms with van der Waals surface area (Å²) in [4.78, 5) is 10.8. The fourth-order valence-corrected chi connectivity index (χ4v) is 1.26. The predicted octanol–water partition coefficient (Wildman–Crippen LogP) is 3.64. The van der Waals surface area contributed by atoms with E-state index in [1.165, 1.54) is 37.3 Å². The normalized spacial score (nSPS) is 10.7.